The summed E-state index contributed by atoms with van der Waals surface area (Å²) >= 11 is 1.59. The van der Waals surface area contributed by atoms with Crippen LogP contribution in [0.4, 0.5) is 5.69 Å². The van der Waals surface area contributed by atoms with Gasteiger partial charge in [-0.05, 0) is 61.0 Å². The van der Waals surface area contributed by atoms with Gasteiger partial charge in [-0.2, -0.15) is 0 Å². The molecule has 3 aromatic carbocycles. The van der Waals surface area contributed by atoms with Crippen molar-refractivity contribution in [3.05, 3.63) is 107 Å². The number of hydrogen-bond donors (Lipinski definition) is 0. The number of nitrogens with zero attached hydrogens (tertiary/aromatic N) is 2. The van der Waals surface area contributed by atoms with Crippen molar-refractivity contribution in [1.29, 1.82) is 0 Å². The molecule has 0 atom stereocenters. The van der Waals surface area contributed by atoms with Gasteiger partial charge in [-0.25, -0.2) is 0 Å². The van der Waals surface area contributed by atoms with E-state index < -0.39 is 0 Å². The van der Waals surface area contributed by atoms with Crippen molar-refractivity contribution in [3.8, 4) is 16.9 Å². The lowest BCUT2D eigenvalue weighted by molar-refractivity contribution is -0.384. The van der Waals surface area contributed by atoms with Crippen LogP contribution in [0.3, 0.4) is 0 Å². The largest absolute Gasteiger partial charge is 0.314 e. The van der Waals surface area contributed by atoms with Gasteiger partial charge < -0.3 is 4.57 Å². The fourth-order valence-electron chi connectivity index (χ4n) is 3.15. The molecule has 0 saturated carbocycles. The van der Waals surface area contributed by atoms with Crippen LogP contribution >= 0.6 is 11.8 Å². The number of nitro groups is 1. The van der Waals surface area contributed by atoms with Gasteiger partial charge >= 0.3 is 0 Å². The van der Waals surface area contributed by atoms with Gasteiger partial charge in [0.25, 0.3) is 5.69 Å². The van der Waals surface area contributed by atoms with Crippen LogP contribution in [-0.4, -0.2) is 9.49 Å². The van der Waals surface area contributed by atoms with Gasteiger partial charge in [-0.1, -0.05) is 42.1 Å². The van der Waals surface area contributed by atoms with E-state index in [0.29, 0.717) is 0 Å². The Balaban J connectivity index is 1.59. The Kier molecular flexibility index (Phi) is 5.00. The molecule has 0 bridgehead atoms. The van der Waals surface area contributed by atoms with Crippen molar-refractivity contribution in [2.75, 3.05) is 0 Å². The summed E-state index contributed by atoms with van der Waals surface area (Å²) in [4.78, 5) is 12.5. The van der Waals surface area contributed by atoms with E-state index in [2.05, 4.69) is 60.0 Å². The summed E-state index contributed by atoms with van der Waals surface area (Å²) in [7, 11) is 0. The maximum atomic E-state index is 10.8. The van der Waals surface area contributed by atoms with Gasteiger partial charge in [0.1, 0.15) is 0 Å². The first-order valence-corrected chi connectivity index (χ1v) is 9.70. The number of hydrogen-bond acceptors (Lipinski definition) is 3. The maximum absolute atomic E-state index is 10.8. The summed E-state index contributed by atoms with van der Waals surface area (Å²) in [6.07, 6.45) is 0. The normalized spacial score (nSPS) is 10.8. The van der Waals surface area contributed by atoms with Gasteiger partial charge in [0.05, 0.1) is 10.6 Å². The summed E-state index contributed by atoms with van der Waals surface area (Å²) in [5.74, 6) is 0. The fourth-order valence-corrected chi connectivity index (χ4v) is 3.97. The van der Waals surface area contributed by atoms with Crippen LogP contribution in [0.2, 0.25) is 0 Å². The van der Waals surface area contributed by atoms with E-state index in [-0.39, 0.29) is 10.6 Å². The Morgan fingerprint density at radius 1 is 0.786 bits per heavy atom. The zero-order valence-electron chi connectivity index (χ0n) is 15.3. The average molecular weight is 386 g/mol. The molecule has 138 valence electrons. The van der Waals surface area contributed by atoms with E-state index in [1.807, 2.05) is 18.2 Å². The van der Waals surface area contributed by atoms with Crippen molar-refractivity contribution < 1.29 is 4.92 Å². The third-order valence-electron chi connectivity index (χ3n) is 4.52. The van der Waals surface area contributed by atoms with Crippen LogP contribution in [0.1, 0.15) is 5.69 Å². The minimum Gasteiger partial charge on any atom is -0.314 e. The van der Waals surface area contributed by atoms with Crippen LogP contribution in [0.25, 0.3) is 16.9 Å². The monoisotopic (exact) mass is 386 g/mol. The topological polar surface area (TPSA) is 48.1 Å². The number of benzene rings is 3. The average Bonchev–Trinajstić information content (AvgIpc) is 3.11. The number of non-ortho nitro benzene ring substituents is 1. The highest BCUT2D eigenvalue weighted by molar-refractivity contribution is 7.99. The number of nitro benzene ring substituents is 1. The van der Waals surface area contributed by atoms with E-state index in [0.717, 1.165) is 21.2 Å². The lowest BCUT2D eigenvalue weighted by Gasteiger charge is -2.13. The van der Waals surface area contributed by atoms with Crippen LogP contribution in [0, 0.1) is 17.0 Å². The Hall–Kier alpha value is -3.31. The van der Waals surface area contributed by atoms with Gasteiger partial charge in [-0.15, -0.1) is 0 Å². The minimum absolute atomic E-state index is 0.108. The quantitative estimate of drug-likeness (QED) is 0.290. The second kappa shape index (κ2) is 7.74. The van der Waals surface area contributed by atoms with Crippen LogP contribution in [0.5, 0.6) is 0 Å². The van der Waals surface area contributed by atoms with Crippen molar-refractivity contribution in [3.63, 3.8) is 0 Å². The summed E-state index contributed by atoms with van der Waals surface area (Å²) in [5.41, 5.74) is 4.73. The van der Waals surface area contributed by atoms with Gasteiger partial charge in [0.2, 0.25) is 0 Å². The van der Waals surface area contributed by atoms with Gasteiger partial charge in [0, 0.05) is 33.3 Å². The predicted octanol–water partition coefficient (Wildman–Crippen LogP) is 6.51. The van der Waals surface area contributed by atoms with E-state index in [4.69, 9.17) is 0 Å². The van der Waals surface area contributed by atoms with Crippen LogP contribution in [-0.2, 0) is 0 Å². The summed E-state index contributed by atoms with van der Waals surface area (Å²) in [5, 5.41) is 10.8. The summed E-state index contributed by atoms with van der Waals surface area (Å²) in [6, 6.07) is 29.6. The highest BCUT2D eigenvalue weighted by Crippen LogP contribution is 2.31. The zero-order chi connectivity index (χ0) is 19.5. The fraction of sp³-hybridized carbons (Fsp3) is 0.0435. The zero-order valence-corrected chi connectivity index (χ0v) is 16.1. The molecule has 4 aromatic rings. The highest BCUT2D eigenvalue weighted by Gasteiger charge is 2.10. The lowest BCUT2D eigenvalue weighted by Crippen LogP contribution is -1.98. The molecule has 28 heavy (non-hydrogen) atoms. The molecule has 0 aliphatic carbocycles. The third kappa shape index (κ3) is 3.70. The Morgan fingerprint density at radius 3 is 2.00 bits per heavy atom. The van der Waals surface area contributed by atoms with Crippen LogP contribution < -0.4 is 0 Å². The molecule has 4 rings (SSSR count). The molecule has 0 unspecified atom stereocenters. The molecular weight excluding hydrogens is 368 g/mol. The van der Waals surface area contributed by atoms with Gasteiger partial charge in [-0.3, -0.25) is 10.1 Å². The Labute approximate surface area is 167 Å². The molecule has 0 amide bonds. The first-order valence-electron chi connectivity index (χ1n) is 8.88. The molecule has 4 nitrogen and oxygen atoms in total. The second-order valence-corrected chi connectivity index (χ2v) is 7.56. The van der Waals surface area contributed by atoms with E-state index in [1.54, 1.807) is 23.9 Å². The van der Waals surface area contributed by atoms with E-state index in [9.17, 15) is 10.1 Å². The molecular formula is C23H18N2O2S. The Morgan fingerprint density at radius 2 is 1.39 bits per heavy atom. The smallest absolute Gasteiger partial charge is 0.269 e. The van der Waals surface area contributed by atoms with Crippen molar-refractivity contribution in [1.82, 2.24) is 4.57 Å². The van der Waals surface area contributed by atoms with Gasteiger partial charge in [0.15, 0.2) is 0 Å². The molecule has 0 N–H and O–H groups in total. The standard InChI is InChI=1S/C23H18N2O2S/c1-17-7-16-23(18-5-3-2-4-6-18)24(17)19-8-12-21(13-9-19)28-22-14-10-20(11-15-22)25(26)27/h2-16H,1H3. The third-order valence-corrected chi connectivity index (χ3v) is 5.54. The number of rotatable bonds is 5. The van der Waals surface area contributed by atoms with Crippen LogP contribution in [0.15, 0.2) is 101 Å². The molecule has 0 spiro atoms. The van der Waals surface area contributed by atoms with Crippen molar-refractivity contribution in [2.24, 2.45) is 0 Å². The molecule has 0 aliphatic heterocycles. The number of aromatic nitrogens is 1. The molecule has 0 radical (unpaired) electrons. The Bertz CT molecular complexity index is 1100. The second-order valence-electron chi connectivity index (χ2n) is 6.41. The molecule has 5 heteroatoms. The molecule has 0 aliphatic rings. The first kappa shape index (κ1) is 18.1. The van der Waals surface area contributed by atoms with E-state index >= 15 is 0 Å². The molecule has 0 saturated heterocycles. The SMILES string of the molecule is Cc1ccc(-c2ccccc2)n1-c1ccc(Sc2ccc([N+](=O)[O-])cc2)cc1. The number of aryl methyl sites for hydroxylation is 1. The molecule has 0 fully saturated rings. The molecule has 1 heterocycles. The summed E-state index contributed by atoms with van der Waals surface area (Å²) in [6.45, 7) is 2.10. The predicted molar refractivity (Wildman–Crippen MR) is 113 cm³/mol. The summed E-state index contributed by atoms with van der Waals surface area (Å²) < 4.78 is 2.25. The highest BCUT2D eigenvalue weighted by atomic mass is 32.2. The molecule has 1 aromatic heterocycles. The lowest BCUT2D eigenvalue weighted by atomic mass is 10.1. The van der Waals surface area contributed by atoms with E-state index in [1.165, 1.54) is 23.4 Å². The maximum Gasteiger partial charge on any atom is 0.269 e. The minimum atomic E-state index is -0.382. The van der Waals surface area contributed by atoms with Crippen molar-refractivity contribution >= 4 is 17.4 Å². The van der Waals surface area contributed by atoms with Crippen molar-refractivity contribution in [2.45, 2.75) is 16.7 Å². The first-order chi connectivity index (χ1) is 13.6.